The van der Waals surface area contributed by atoms with Gasteiger partial charge in [-0.2, -0.15) is 0 Å². The van der Waals surface area contributed by atoms with Crippen LogP contribution in [0.4, 0.5) is 21.9 Å². The number of anilines is 3. The van der Waals surface area contributed by atoms with Gasteiger partial charge in [0.25, 0.3) is 0 Å². The number of nitrogens with zero attached hydrogens (tertiary/aromatic N) is 2. The molecule has 4 rings (SSSR count). The number of rotatable bonds is 2. The SMILES string of the molecule is Cl.Nc1cccc2c1CCCN2C(=O)C1CCN(C(=O)Nc2ccccc2)CC1. The Morgan fingerprint density at radius 2 is 1.69 bits per heavy atom. The zero-order chi connectivity index (χ0) is 19.5. The zero-order valence-electron chi connectivity index (χ0n) is 16.3. The molecular formula is C22H27ClN4O2. The number of carbonyl (C=O) groups excluding carboxylic acids is 2. The van der Waals surface area contributed by atoms with Crippen molar-refractivity contribution in [1.82, 2.24) is 4.90 Å². The maximum absolute atomic E-state index is 13.2. The molecular weight excluding hydrogens is 388 g/mol. The zero-order valence-corrected chi connectivity index (χ0v) is 17.2. The second kappa shape index (κ2) is 9.18. The molecule has 0 atom stereocenters. The van der Waals surface area contributed by atoms with Gasteiger partial charge in [0.15, 0.2) is 0 Å². The van der Waals surface area contributed by atoms with Crippen LogP contribution < -0.4 is 16.0 Å². The Kier molecular flexibility index (Phi) is 6.64. The summed E-state index contributed by atoms with van der Waals surface area (Å²) in [5.74, 6) is 0.114. The molecule has 3 N–H and O–H groups in total. The average molecular weight is 415 g/mol. The summed E-state index contributed by atoms with van der Waals surface area (Å²) in [5.41, 5.74) is 9.70. The highest BCUT2D eigenvalue weighted by Crippen LogP contribution is 2.33. The molecule has 0 bridgehead atoms. The molecule has 3 amide bonds. The lowest BCUT2D eigenvalue weighted by Crippen LogP contribution is -2.46. The molecule has 154 valence electrons. The van der Waals surface area contributed by atoms with E-state index in [0.29, 0.717) is 25.9 Å². The van der Waals surface area contributed by atoms with Gasteiger partial charge in [0.2, 0.25) is 5.91 Å². The Morgan fingerprint density at radius 1 is 0.966 bits per heavy atom. The van der Waals surface area contributed by atoms with Crippen molar-refractivity contribution in [2.75, 3.05) is 35.6 Å². The van der Waals surface area contributed by atoms with Crippen molar-refractivity contribution < 1.29 is 9.59 Å². The van der Waals surface area contributed by atoms with Crippen LogP contribution in [0, 0.1) is 5.92 Å². The minimum absolute atomic E-state index is 0. The summed E-state index contributed by atoms with van der Waals surface area (Å²) < 4.78 is 0. The van der Waals surface area contributed by atoms with Crippen molar-refractivity contribution in [2.24, 2.45) is 5.92 Å². The Balaban J connectivity index is 0.00000240. The second-order valence-electron chi connectivity index (χ2n) is 7.50. The smallest absolute Gasteiger partial charge is 0.321 e. The van der Waals surface area contributed by atoms with Crippen LogP contribution in [0.5, 0.6) is 0 Å². The Bertz CT molecular complexity index is 866. The van der Waals surface area contributed by atoms with Crippen molar-refractivity contribution in [3.05, 3.63) is 54.1 Å². The highest BCUT2D eigenvalue weighted by atomic mass is 35.5. The monoisotopic (exact) mass is 414 g/mol. The number of benzene rings is 2. The minimum Gasteiger partial charge on any atom is -0.398 e. The van der Waals surface area contributed by atoms with Gasteiger partial charge in [-0.05, 0) is 55.5 Å². The van der Waals surface area contributed by atoms with Crippen LogP contribution >= 0.6 is 12.4 Å². The van der Waals surface area contributed by atoms with Crippen LogP contribution in [0.25, 0.3) is 0 Å². The maximum atomic E-state index is 13.2. The first kappa shape index (κ1) is 21.0. The summed E-state index contributed by atoms with van der Waals surface area (Å²) in [4.78, 5) is 29.3. The van der Waals surface area contributed by atoms with E-state index in [4.69, 9.17) is 5.73 Å². The van der Waals surface area contributed by atoms with E-state index >= 15 is 0 Å². The number of likely N-dealkylation sites (tertiary alicyclic amines) is 1. The largest absolute Gasteiger partial charge is 0.398 e. The van der Waals surface area contributed by atoms with Gasteiger partial charge >= 0.3 is 6.03 Å². The fraction of sp³-hybridized carbons (Fsp3) is 0.364. The number of nitrogen functional groups attached to an aromatic ring is 1. The third-order valence-electron chi connectivity index (χ3n) is 5.71. The van der Waals surface area contributed by atoms with Gasteiger partial charge in [-0.3, -0.25) is 4.79 Å². The van der Waals surface area contributed by atoms with Gasteiger partial charge in [-0.15, -0.1) is 12.4 Å². The molecule has 6 nitrogen and oxygen atoms in total. The molecule has 1 fully saturated rings. The highest BCUT2D eigenvalue weighted by Gasteiger charge is 2.32. The van der Waals surface area contributed by atoms with E-state index in [0.717, 1.165) is 42.0 Å². The Labute approximate surface area is 177 Å². The lowest BCUT2D eigenvalue weighted by molar-refractivity contribution is -0.123. The molecule has 2 heterocycles. The van der Waals surface area contributed by atoms with Crippen molar-refractivity contribution in [3.63, 3.8) is 0 Å². The first-order chi connectivity index (χ1) is 13.6. The van der Waals surface area contributed by atoms with Crippen molar-refractivity contribution >= 4 is 41.4 Å². The summed E-state index contributed by atoms with van der Waals surface area (Å²) in [6.07, 6.45) is 3.24. The van der Waals surface area contributed by atoms with E-state index in [2.05, 4.69) is 5.32 Å². The van der Waals surface area contributed by atoms with Gasteiger partial charge in [-0.1, -0.05) is 24.3 Å². The average Bonchev–Trinajstić information content (AvgIpc) is 2.74. The molecule has 0 aliphatic carbocycles. The number of piperidine rings is 1. The predicted octanol–water partition coefficient (Wildman–Crippen LogP) is 3.91. The normalized spacial score (nSPS) is 16.6. The predicted molar refractivity (Wildman–Crippen MR) is 119 cm³/mol. The van der Waals surface area contributed by atoms with E-state index in [9.17, 15) is 9.59 Å². The second-order valence-corrected chi connectivity index (χ2v) is 7.50. The van der Waals surface area contributed by atoms with Gasteiger partial charge in [-0.25, -0.2) is 4.79 Å². The number of carbonyl (C=O) groups is 2. The topological polar surface area (TPSA) is 78.7 Å². The fourth-order valence-electron chi connectivity index (χ4n) is 4.15. The number of para-hydroxylation sites is 1. The number of hydrogen-bond donors (Lipinski definition) is 2. The number of halogens is 1. The first-order valence-corrected chi connectivity index (χ1v) is 9.93. The number of urea groups is 1. The van der Waals surface area contributed by atoms with Crippen LogP contribution in [0.15, 0.2) is 48.5 Å². The Morgan fingerprint density at radius 3 is 2.41 bits per heavy atom. The molecule has 7 heteroatoms. The number of nitrogens with two attached hydrogens (primary N) is 1. The molecule has 0 radical (unpaired) electrons. The summed E-state index contributed by atoms with van der Waals surface area (Å²) in [7, 11) is 0. The minimum atomic E-state index is -0.104. The third-order valence-corrected chi connectivity index (χ3v) is 5.71. The summed E-state index contributed by atoms with van der Waals surface area (Å²) in [6, 6.07) is 15.1. The number of hydrogen-bond acceptors (Lipinski definition) is 3. The first-order valence-electron chi connectivity index (χ1n) is 9.93. The molecule has 0 aromatic heterocycles. The van der Waals surface area contributed by atoms with Crippen LogP contribution in [0.2, 0.25) is 0 Å². The van der Waals surface area contributed by atoms with E-state index in [1.165, 1.54) is 0 Å². The standard InChI is InChI=1S/C22H26N4O2.ClH/c23-19-9-4-10-20-18(19)8-5-13-26(20)21(27)16-11-14-25(15-12-16)22(28)24-17-6-2-1-3-7-17;/h1-4,6-7,9-10,16H,5,8,11-15,23H2,(H,24,28);1H. The lowest BCUT2D eigenvalue weighted by Gasteiger charge is -2.36. The van der Waals surface area contributed by atoms with Gasteiger partial charge in [0, 0.05) is 42.6 Å². The van der Waals surface area contributed by atoms with E-state index in [-0.39, 0.29) is 30.3 Å². The summed E-state index contributed by atoms with van der Waals surface area (Å²) in [6.45, 7) is 1.92. The molecule has 2 aromatic carbocycles. The molecule has 0 spiro atoms. The van der Waals surface area contributed by atoms with Crippen LogP contribution in [-0.2, 0) is 11.2 Å². The quantitative estimate of drug-likeness (QED) is 0.731. The number of fused-ring (bicyclic) bond motifs is 1. The third kappa shape index (κ3) is 4.48. The van der Waals surface area contributed by atoms with Crippen LogP contribution in [0.3, 0.4) is 0 Å². The number of nitrogens with one attached hydrogen (secondary N) is 1. The number of amides is 3. The highest BCUT2D eigenvalue weighted by molar-refractivity contribution is 5.97. The van der Waals surface area contributed by atoms with Crippen molar-refractivity contribution in [1.29, 1.82) is 0 Å². The van der Waals surface area contributed by atoms with Gasteiger partial charge < -0.3 is 20.9 Å². The Hall–Kier alpha value is -2.73. The molecule has 2 aliphatic heterocycles. The van der Waals surface area contributed by atoms with Crippen LogP contribution in [-0.4, -0.2) is 36.5 Å². The van der Waals surface area contributed by atoms with Crippen molar-refractivity contribution in [2.45, 2.75) is 25.7 Å². The van der Waals surface area contributed by atoms with E-state index < -0.39 is 0 Å². The molecule has 29 heavy (non-hydrogen) atoms. The molecule has 2 aliphatic rings. The molecule has 0 unspecified atom stereocenters. The molecule has 2 aromatic rings. The van der Waals surface area contributed by atoms with Gasteiger partial charge in [0.05, 0.1) is 0 Å². The lowest BCUT2D eigenvalue weighted by atomic mass is 9.93. The summed E-state index contributed by atoms with van der Waals surface area (Å²) >= 11 is 0. The van der Waals surface area contributed by atoms with Crippen LogP contribution in [0.1, 0.15) is 24.8 Å². The van der Waals surface area contributed by atoms with Crippen molar-refractivity contribution in [3.8, 4) is 0 Å². The van der Waals surface area contributed by atoms with E-state index in [1.807, 2.05) is 53.4 Å². The molecule has 0 saturated carbocycles. The maximum Gasteiger partial charge on any atom is 0.321 e. The fourth-order valence-corrected chi connectivity index (χ4v) is 4.15. The summed E-state index contributed by atoms with van der Waals surface area (Å²) in [5, 5.41) is 2.92. The van der Waals surface area contributed by atoms with Gasteiger partial charge in [0.1, 0.15) is 0 Å². The van der Waals surface area contributed by atoms with E-state index in [1.54, 1.807) is 4.90 Å². The molecule has 1 saturated heterocycles.